The highest BCUT2D eigenvalue weighted by molar-refractivity contribution is 5.77. The lowest BCUT2D eigenvalue weighted by molar-refractivity contribution is -0.123. The van der Waals surface area contributed by atoms with Crippen molar-refractivity contribution in [3.63, 3.8) is 0 Å². The number of rotatable bonds is 6. The normalized spacial score (nSPS) is 23.6. The largest absolute Gasteiger partial charge is 0.379 e. The molecule has 0 aromatic heterocycles. The van der Waals surface area contributed by atoms with Crippen molar-refractivity contribution in [1.82, 2.24) is 15.5 Å². The fraction of sp³-hybridized carbons (Fsp3) is 0.611. The minimum Gasteiger partial charge on any atom is -0.379 e. The number of carbonyl (C=O) groups is 1. The SMILES string of the molecule is O=C(CC1COCCN1)NC(CN1CCOCC1)c1ccccc1. The number of amides is 1. The Morgan fingerprint density at radius 2 is 2.00 bits per heavy atom. The summed E-state index contributed by atoms with van der Waals surface area (Å²) in [6.07, 6.45) is 0.451. The first kappa shape index (κ1) is 17.4. The Kier molecular flexibility index (Phi) is 6.60. The molecule has 2 aliphatic heterocycles. The topological polar surface area (TPSA) is 62.8 Å². The summed E-state index contributed by atoms with van der Waals surface area (Å²) in [5, 5.41) is 6.54. The molecule has 6 heteroatoms. The van der Waals surface area contributed by atoms with Crippen LogP contribution in [0.15, 0.2) is 30.3 Å². The molecule has 0 aliphatic carbocycles. The van der Waals surface area contributed by atoms with Crippen molar-refractivity contribution in [3.8, 4) is 0 Å². The molecule has 2 heterocycles. The van der Waals surface area contributed by atoms with Gasteiger partial charge in [0.2, 0.25) is 5.91 Å². The third kappa shape index (κ3) is 5.27. The van der Waals surface area contributed by atoms with E-state index < -0.39 is 0 Å². The standard InChI is InChI=1S/C18H27N3O3/c22-18(12-16-14-24-9-6-19-16)20-17(15-4-2-1-3-5-15)13-21-7-10-23-11-8-21/h1-5,16-17,19H,6-14H2,(H,20,22). The molecule has 1 aromatic rings. The van der Waals surface area contributed by atoms with Crippen LogP contribution in [0, 0.1) is 0 Å². The fourth-order valence-electron chi connectivity index (χ4n) is 3.19. The number of carbonyl (C=O) groups excluding carboxylic acids is 1. The van der Waals surface area contributed by atoms with E-state index in [-0.39, 0.29) is 18.0 Å². The molecule has 1 amide bonds. The Morgan fingerprint density at radius 1 is 1.21 bits per heavy atom. The average Bonchev–Trinajstić information content (AvgIpc) is 2.63. The van der Waals surface area contributed by atoms with E-state index in [4.69, 9.17) is 9.47 Å². The summed E-state index contributed by atoms with van der Waals surface area (Å²) in [5.41, 5.74) is 1.14. The quantitative estimate of drug-likeness (QED) is 0.796. The molecule has 1 aromatic carbocycles. The monoisotopic (exact) mass is 333 g/mol. The van der Waals surface area contributed by atoms with Crippen molar-refractivity contribution in [2.75, 3.05) is 52.6 Å². The van der Waals surface area contributed by atoms with Gasteiger partial charge in [-0.3, -0.25) is 9.69 Å². The smallest absolute Gasteiger partial charge is 0.222 e. The van der Waals surface area contributed by atoms with Gasteiger partial charge < -0.3 is 20.1 Å². The predicted molar refractivity (Wildman–Crippen MR) is 91.8 cm³/mol. The number of nitrogens with zero attached hydrogens (tertiary/aromatic N) is 1. The van der Waals surface area contributed by atoms with Gasteiger partial charge in [-0.1, -0.05) is 30.3 Å². The molecule has 0 saturated carbocycles. The molecule has 2 N–H and O–H groups in total. The molecule has 2 atom stereocenters. The highest BCUT2D eigenvalue weighted by atomic mass is 16.5. The van der Waals surface area contributed by atoms with Gasteiger partial charge in [-0.15, -0.1) is 0 Å². The second kappa shape index (κ2) is 9.13. The average molecular weight is 333 g/mol. The maximum atomic E-state index is 12.5. The van der Waals surface area contributed by atoms with Crippen molar-refractivity contribution in [1.29, 1.82) is 0 Å². The molecule has 0 bridgehead atoms. The highest BCUT2D eigenvalue weighted by Gasteiger charge is 2.22. The van der Waals surface area contributed by atoms with E-state index in [2.05, 4.69) is 27.7 Å². The summed E-state index contributed by atoms with van der Waals surface area (Å²) < 4.78 is 10.8. The van der Waals surface area contributed by atoms with Crippen molar-refractivity contribution >= 4 is 5.91 Å². The Bertz CT molecular complexity index is 499. The maximum Gasteiger partial charge on any atom is 0.222 e. The molecule has 24 heavy (non-hydrogen) atoms. The number of hydrogen-bond acceptors (Lipinski definition) is 5. The first-order valence-corrected chi connectivity index (χ1v) is 8.77. The number of nitrogens with one attached hydrogen (secondary N) is 2. The molecule has 6 nitrogen and oxygen atoms in total. The molecule has 3 rings (SSSR count). The zero-order valence-corrected chi connectivity index (χ0v) is 14.1. The van der Waals surface area contributed by atoms with Gasteiger partial charge in [0.1, 0.15) is 0 Å². The third-order valence-electron chi connectivity index (χ3n) is 4.51. The summed E-state index contributed by atoms with van der Waals surface area (Å²) in [4.78, 5) is 14.8. The Hall–Kier alpha value is -1.47. The molecule has 132 valence electrons. The minimum atomic E-state index is 0.00121. The van der Waals surface area contributed by atoms with E-state index in [0.29, 0.717) is 13.0 Å². The van der Waals surface area contributed by atoms with Crippen LogP contribution in [0.3, 0.4) is 0 Å². The first-order chi connectivity index (χ1) is 11.8. The van der Waals surface area contributed by atoms with Gasteiger partial charge in [-0.2, -0.15) is 0 Å². The lowest BCUT2D eigenvalue weighted by Gasteiger charge is -2.31. The van der Waals surface area contributed by atoms with Crippen LogP contribution in [0.4, 0.5) is 0 Å². The van der Waals surface area contributed by atoms with Crippen LogP contribution in [-0.4, -0.2) is 69.5 Å². The van der Waals surface area contributed by atoms with E-state index in [0.717, 1.165) is 51.6 Å². The van der Waals surface area contributed by atoms with Gasteiger partial charge in [0.25, 0.3) is 0 Å². The van der Waals surface area contributed by atoms with Crippen molar-refractivity contribution in [3.05, 3.63) is 35.9 Å². The van der Waals surface area contributed by atoms with Crippen LogP contribution in [0.25, 0.3) is 0 Å². The first-order valence-electron chi connectivity index (χ1n) is 8.77. The minimum absolute atomic E-state index is 0.00121. The van der Waals surface area contributed by atoms with Gasteiger partial charge in [0.05, 0.1) is 32.5 Å². The molecule has 0 radical (unpaired) electrons. The van der Waals surface area contributed by atoms with Gasteiger partial charge >= 0.3 is 0 Å². The van der Waals surface area contributed by atoms with E-state index in [1.807, 2.05) is 18.2 Å². The van der Waals surface area contributed by atoms with Crippen LogP contribution < -0.4 is 10.6 Å². The molecule has 2 fully saturated rings. The summed E-state index contributed by atoms with van der Waals surface area (Å²) in [6, 6.07) is 10.3. The Balaban J connectivity index is 1.59. The molecular weight excluding hydrogens is 306 g/mol. The summed E-state index contributed by atoms with van der Waals surface area (Å²) >= 11 is 0. The van der Waals surface area contributed by atoms with Crippen molar-refractivity contribution < 1.29 is 14.3 Å². The van der Waals surface area contributed by atoms with E-state index >= 15 is 0 Å². The molecule has 0 spiro atoms. The third-order valence-corrected chi connectivity index (χ3v) is 4.51. The molecule has 2 unspecified atom stereocenters. The van der Waals surface area contributed by atoms with Gasteiger partial charge in [0.15, 0.2) is 0 Å². The lowest BCUT2D eigenvalue weighted by Crippen LogP contribution is -2.46. The number of morpholine rings is 2. The van der Waals surface area contributed by atoms with Gasteiger partial charge in [-0.25, -0.2) is 0 Å². The van der Waals surface area contributed by atoms with Crippen LogP contribution in [0.1, 0.15) is 18.0 Å². The van der Waals surface area contributed by atoms with Crippen LogP contribution in [0.5, 0.6) is 0 Å². The fourth-order valence-corrected chi connectivity index (χ4v) is 3.19. The second-order valence-electron chi connectivity index (χ2n) is 6.37. The zero-order chi connectivity index (χ0) is 16.6. The molecular formula is C18H27N3O3. The van der Waals surface area contributed by atoms with E-state index in [1.165, 1.54) is 0 Å². The lowest BCUT2D eigenvalue weighted by atomic mass is 10.1. The summed E-state index contributed by atoms with van der Waals surface area (Å²) in [7, 11) is 0. The molecule has 2 aliphatic rings. The highest BCUT2D eigenvalue weighted by Crippen LogP contribution is 2.16. The van der Waals surface area contributed by atoms with Crippen LogP contribution in [-0.2, 0) is 14.3 Å². The Labute approximate surface area is 143 Å². The number of hydrogen-bond donors (Lipinski definition) is 2. The number of benzene rings is 1. The molecule has 2 saturated heterocycles. The Morgan fingerprint density at radius 3 is 2.71 bits per heavy atom. The van der Waals surface area contributed by atoms with Gasteiger partial charge in [0, 0.05) is 38.6 Å². The predicted octanol–water partition coefficient (Wildman–Crippen LogP) is 0.555. The summed E-state index contributed by atoms with van der Waals surface area (Å²) in [6.45, 7) is 6.31. The zero-order valence-electron chi connectivity index (χ0n) is 14.1. The van der Waals surface area contributed by atoms with Crippen molar-refractivity contribution in [2.24, 2.45) is 0 Å². The summed E-state index contributed by atoms with van der Waals surface area (Å²) in [5.74, 6) is 0.0695. The number of ether oxygens (including phenoxy) is 2. The van der Waals surface area contributed by atoms with Gasteiger partial charge in [-0.05, 0) is 5.56 Å². The maximum absolute atomic E-state index is 12.5. The van der Waals surface area contributed by atoms with Crippen molar-refractivity contribution in [2.45, 2.75) is 18.5 Å². The second-order valence-corrected chi connectivity index (χ2v) is 6.37. The van der Waals surface area contributed by atoms with Crippen LogP contribution >= 0.6 is 0 Å². The van der Waals surface area contributed by atoms with Crippen LogP contribution in [0.2, 0.25) is 0 Å². The van der Waals surface area contributed by atoms with E-state index in [1.54, 1.807) is 0 Å². The van der Waals surface area contributed by atoms with E-state index in [9.17, 15) is 4.79 Å².